The highest BCUT2D eigenvalue weighted by molar-refractivity contribution is 7.00. The standard InChI is InChI=1S/C77H55BN4/c1-77(2,3)60-47-73-75-74(48-60)82(76-64(56-27-15-7-16-28-56)44-59(54-25-13-6-14-26-54)45-65(76)57-29-17-8-18-30-57)71-42-36-58(53-23-11-5-12-24-53)46-68(71)78(75)67-40-39-62(81-69-32-20-19-31-63(69)66-43-51(50-79)33-41-70(66)81)49-72(67)80(73)61-37-34-55(35-38-61)52-21-9-4-10-22-52/h4-49H,1-3H3. The van der Waals surface area contributed by atoms with E-state index in [4.69, 9.17) is 0 Å². The minimum atomic E-state index is -0.248. The molecule has 0 saturated carbocycles. The van der Waals surface area contributed by atoms with Gasteiger partial charge >= 0.3 is 0 Å². The quantitative estimate of drug-likeness (QED) is 0.142. The highest BCUT2D eigenvalue weighted by Gasteiger charge is 2.45. The predicted molar refractivity (Wildman–Crippen MR) is 345 cm³/mol. The zero-order valence-corrected chi connectivity index (χ0v) is 45.9. The molecule has 0 atom stereocenters. The molecule has 0 saturated heterocycles. The first-order valence-corrected chi connectivity index (χ1v) is 28.3. The van der Waals surface area contributed by atoms with Crippen LogP contribution in [0.5, 0.6) is 0 Å². The molecule has 0 N–H and O–H groups in total. The summed E-state index contributed by atoms with van der Waals surface area (Å²) in [6.07, 6.45) is 0. The first-order valence-electron chi connectivity index (χ1n) is 28.3. The molecule has 2 aliphatic heterocycles. The van der Waals surface area contributed by atoms with Crippen molar-refractivity contribution < 1.29 is 0 Å². The summed E-state index contributed by atoms with van der Waals surface area (Å²) in [5, 5.41) is 12.3. The van der Waals surface area contributed by atoms with E-state index in [1.54, 1.807) is 0 Å². The van der Waals surface area contributed by atoms with E-state index in [-0.39, 0.29) is 12.1 Å². The van der Waals surface area contributed by atoms with E-state index in [9.17, 15) is 5.26 Å². The van der Waals surface area contributed by atoms with E-state index < -0.39 is 0 Å². The van der Waals surface area contributed by atoms with Crippen molar-refractivity contribution in [2.45, 2.75) is 26.2 Å². The van der Waals surface area contributed by atoms with Crippen LogP contribution in [0.1, 0.15) is 31.9 Å². The first-order chi connectivity index (χ1) is 40.3. The molecule has 0 amide bonds. The topological polar surface area (TPSA) is 35.2 Å². The number of hydrogen-bond donors (Lipinski definition) is 0. The van der Waals surface area contributed by atoms with Gasteiger partial charge < -0.3 is 14.4 Å². The number of rotatable bonds is 8. The Hall–Kier alpha value is -10.4. The third-order valence-corrected chi connectivity index (χ3v) is 16.9. The second kappa shape index (κ2) is 19.4. The summed E-state index contributed by atoms with van der Waals surface area (Å²) in [6.45, 7) is 6.87. The lowest BCUT2D eigenvalue weighted by atomic mass is 9.33. The monoisotopic (exact) mass is 1050 g/mol. The van der Waals surface area contributed by atoms with E-state index >= 15 is 0 Å². The van der Waals surface area contributed by atoms with E-state index in [1.165, 1.54) is 44.2 Å². The summed E-state index contributed by atoms with van der Waals surface area (Å²) < 4.78 is 2.38. The summed E-state index contributed by atoms with van der Waals surface area (Å²) in [6, 6.07) is 105. The van der Waals surface area contributed by atoms with Crippen molar-refractivity contribution in [2.24, 2.45) is 0 Å². The number of hydrogen-bond acceptors (Lipinski definition) is 3. The molecule has 1 aromatic heterocycles. The second-order valence-electron chi connectivity index (χ2n) is 22.8. The van der Waals surface area contributed by atoms with Gasteiger partial charge in [-0.05, 0) is 151 Å². The van der Waals surface area contributed by atoms with Crippen LogP contribution in [0.25, 0.3) is 83.1 Å². The number of fused-ring (bicyclic) bond motifs is 7. The summed E-state index contributed by atoms with van der Waals surface area (Å²) >= 11 is 0. The van der Waals surface area contributed by atoms with Crippen LogP contribution in [0.3, 0.4) is 0 Å². The number of nitriles is 1. The van der Waals surface area contributed by atoms with Gasteiger partial charge in [0.05, 0.1) is 28.4 Å². The maximum atomic E-state index is 10.1. The number of anilines is 6. The van der Waals surface area contributed by atoms with Gasteiger partial charge in [-0.3, -0.25) is 0 Å². The molecule has 4 nitrogen and oxygen atoms in total. The van der Waals surface area contributed by atoms with Crippen molar-refractivity contribution in [3.8, 4) is 67.4 Å². The maximum Gasteiger partial charge on any atom is 0.252 e. The molecule has 12 aromatic carbocycles. The average Bonchev–Trinajstić information content (AvgIpc) is 1.51. The van der Waals surface area contributed by atoms with Crippen molar-refractivity contribution in [3.63, 3.8) is 0 Å². The van der Waals surface area contributed by atoms with Crippen LogP contribution in [0.15, 0.2) is 279 Å². The van der Waals surface area contributed by atoms with Gasteiger partial charge in [0.2, 0.25) is 0 Å². The molecule has 15 rings (SSSR count). The van der Waals surface area contributed by atoms with Crippen molar-refractivity contribution in [2.75, 3.05) is 9.80 Å². The fourth-order valence-corrected chi connectivity index (χ4v) is 13.0. The van der Waals surface area contributed by atoms with Gasteiger partial charge in [0.15, 0.2) is 0 Å². The first kappa shape index (κ1) is 48.7. The van der Waals surface area contributed by atoms with Gasteiger partial charge in [0.25, 0.3) is 6.71 Å². The van der Waals surface area contributed by atoms with Gasteiger partial charge in [-0.1, -0.05) is 221 Å². The highest BCUT2D eigenvalue weighted by Crippen LogP contribution is 2.53. The van der Waals surface area contributed by atoms with Crippen molar-refractivity contribution in [3.05, 3.63) is 290 Å². The molecule has 0 unspecified atom stereocenters. The number of nitrogens with zero attached hydrogens (tertiary/aromatic N) is 4. The minimum absolute atomic E-state index is 0.168. The Morgan fingerprint density at radius 3 is 1.45 bits per heavy atom. The summed E-state index contributed by atoms with van der Waals surface area (Å²) in [5.41, 5.74) is 26.9. The SMILES string of the molecule is CC(C)(C)c1cc2c3c(c1)N(c1c(-c4ccccc4)cc(-c4ccccc4)cc1-c1ccccc1)c1ccc(-c4ccccc4)cc1B3c1ccc(-n3c4ccccc4c4cc(C#N)ccc43)cc1N2c1ccc(-c2ccccc2)cc1. The molecule has 0 fully saturated rings. The van der Waals surface area contributed by atoms with E-state index in [2.05, 4.69) is 308 Å². The van der Waals surface area contributed by atoms with Crippen LogP contribution < -0.4 is 26.2 Å². The van der Waals surface area contributed by atoms with Crippen molar-refractivity contribution in [1.29, 1.82) is 5.26 Å². The number of para-hydroxylation sites is 1. The van der Waals surface area contributed by atoms with E-state index in [1.807, 2.05) is 12.1 Å². The molecule has 0 spiro atoms. The molecule has 2 aliphatic rings. The highest BCUT2D eigenvalue weighted by atomic mass is 15.2. The molecule has 3 heterocycles. The third kappa shape index (κ3) is 8.06. The maximum absolute atomic E-state index is 10.1. The molecule has 5 heteroatoms. The Morgan fingerprint density at radius 2 is 0.854 bits per heavy atom. The molecular weight excluding hydrogens is 992 g/mol. The zero-order valence-electron chi connectivity index (χ0n) is 45.9. The molecule has 0 bridgehead atoms. The second-order valence-corrected chi connectivity index (χ2v) is 22.8. The lowest BCUT2D eigenvalue weighted by Gasteiger charge is -2.46. The van der Waals surface area contributed by atoms with Crippen LogP contribution in [-0.2, 0) is 5.41 Å². The van der Waals surface area contributed by atoms with Gasteiger partial charge in [-0.25, -0.2) is 0 Å². The van der Waals surface area contributed by atoms with E-state index in [0.717, 1.165) is 95.0 Å². The summed E-state index contributed by atoms with van der Waals surface area (Å²) in [5.74, 6) is 0. The Morgan fingerprint density at radius 1 is 0.354 bits per heavy atom. The number of aromatic nitrogens is 1. The van der Waals surface area contributed by atoms with E-state index in [0.29, 0.717) is 5.56 Å². The van der Waals surface area contributed by atoms with Crippen LogP contribution in [0.2, 0.25) is 0 Å². The molecule has 82 heavy (non-hydrogen) atoms. The Kier molecular flexibility index (Phi) is 11.6. The van der Waals surface area contributed by atoms with Gasteiger partial charge in [0, 0.05) is 56.0 Å². The number of benzene rings is 12. The summed E-state index contributed by atoms with van der Waals surface area (Å²) in [7, 11) is 0. The molecule has 386 valence electrons. The van der Waals surface area contributed by atoms with Gasteiger partial charge in [-0.2, -0.15) is 5.26 Å². The third-order valence-electron chi connectivity index (χ3n) is 16.9. The van der Waals surface area contributed by atoms with Gasteiger partial charge in [0.1, 0.15) is 0 Å². The Labute approximate surface area is 479 Å². The minimum Gasteiger partial charge on any atom is -0.311 e. The Bertz CT molecular complexity index is 4590. The normalized spacial score (nSPS) is 12.5. The fourth-order valence-electron chi connectivity index (χ4n) is 13.0. The predicted octanol–water partition coefficient (Wildman–Crippen LogP) is 18.4. The van der Waals surface area contributed by atoms with Crippen molar-refractivity contribution >= 4 is 79.0 Å². The Balaban J connectivity index is 1.07. The van der Waals surface area contributed by atoms with Crippen LogP contribution in [0, 0.1) is 11.3 Å². The molecule has 0 aliphatic carbocycles. The smallest absolute Gasteiger partial charge is 0.252 e. The van der Waals surface area contributed by atoms with Crippen LogP contribution in [0.4, 0.5) is 34.1 Å². The van der Waals surface area contributed by atoms with Crippen LogP contribution in [-0.4, -0.2) is 11.3 Å². The average molecular weight is 1050 g/mol. The summed E-state index contributed by atoms with van der Waals surface area (Å²) in [4.78, 5) is 5.19. The van der Waals surface area contributed by atoms with Gasteiger partial charge in [-0.15, -0.1) is 0 Å². The lowest BCUT2D eigenvalue weighted by molar-refractivity contribution is 0.590. The molecule has 0 radical (unpaired) electrons. The fraction of sp³-hybridized carbons (Fsp3) is 0.0519. The largest absolute Gasteiger partial charge is 0.311 e. The van der Waals surface area contributed by atoms with Crippen molar-refractivity contribution in [1.82, 2.24) is 4.57 Å². The molecular formula is C77H55BN4. The lowest BCUT2D eigenvalue weighted by Crippen LogP contribution is -2.61. The molecule has 13 aromatic rings. The van der Waals surface area contributed by atoms with Crippen LogP contribution >= 0.6 is 0 Å². The zero-order chi connectivity index (χ0) is 55.1.